The highest BCUT2D eigenvalue weighted by molar-refractivity contribution is 5.79. The molecule has 1 fully saturated rings. The van der Waals surface area contributed by atoms with Crippen LogP contribution in [-0.4, -0.2) is 17.5 Å². The molecule has 5 nitrogen and oxygen atoms in total. The van der Waals surface area contributed by atoms with Crippen LogP contribution >= 0.6 is 0 Å². The molecule has 2 aromatic rings. The zero-order valence-electron chi connectivity index (χ0n) is 14.7. The summed E-state index contributed by atoms with van der Waals surface area (Å²) >= 11 is 0. The number of carbonyl (C=O) groups excluding carboxylic acids is 1. The van der Waals surface area contributed by atoms with Gasteiger partial charge in [-0.15, -0.1) is 0 Å². The molecule has 0 spiro atoms. The van der Waals surface area contributed by atoms with Crippen LogP contribution in [0.15, 0.2) is 41.2 Å². The van der Waals surface area contributed by atoms with Crippen molar-refractivity contribution in [1.82, 2.24) is 10.3 Å². The number of rotatable bonds is 4. The van der Waals surface area contributed by atoms with E-state index in [-0.39, 0.29) is 30.0 Å². The first kappa shape index (κ1) is 17.4. The number of carbonyl (C=O) groups is 1. The topological polar surface area (TPSA) is 71.2 Å². The van der Waals surface area contributed by atoms with Crippen LogP contribution in [0, 0.1) is 19.8 Å². The Morgan fingerprint density at radius 1 is 1.28 bits per heavy atom. The fourth-order valence-corrected chi connectivity index (χ4v) is 3.43. The number of H-pyrrole nitrogens is 1. The summed E-state index contributed by atoms with van der Waals surface area (Å²) in [6.45, 7) is 4.64. The van der Waals surface area contributed by atoms with Crippen molar-refractivity contribution in [1.29, 1.82) is 0 Å². The van der Waals surface area contributed by atoms with Gasteiger partial charge in [-0.2, -0.15) is 0 Å². The quantitative estimate of drug-likeness (QED) is 0.899. The van der Waals surface area contributed by atoms with Gasteiger partial charge in [0.05, 0.1) is 12.0 Å². The van der Waals surface area contributed by atoms with Crippen LogP contribution in [0.25, 0.3) is 0 Å². The molecule has 1 saturated heterocycles. The predicted octanol–water partition coefficient (Wildman–Crippen LogP) is 2.78. The molecule has 1 amide bonds. The predicted molar refractivity (Wildman–Crippen MR) is 96.2 cm³/mol. The molecule has 5 heteroatoms. The second-order valence-electron chi connectivity index (χ2n) is 6.61. The van der Waals surface area contributed by atoms with Gasteiger partial charge in [-0.25, -0.2) is 0 Å². The number of aryl methyl sites for hydroxylation is 2. The van der Waals surface area contributed by atoms with Crippen LogP contribution in [0.5, 0.6) is 0 Å². The lowest BCUT2D eigenvalue weighted by atomic mass is 9.88. The lowest BCUT2D eigenvalue weighted by Crippen LogP contribution is -2.38. The van der Waals surface area contributed by atoms with E-state index in [9.17, 15) is 9.59 Å². The number of benzene rings is 1. The zero-order chi connectivity index (χ0) is 17.8. The van der Waals surface area contributed by atoms with Crippen molar-refractivity contribution >= 4 is 5.91 Å². The van der Waals surface area contributed by atoms with Gasteiger partial charge in [0.15, 0.2) is 0 Å². The van der Waals surface area contributed by atoms with Crippen molar-refractivity contribution in [3.8, 4) is 0 Å². The van der Waals surface area contributed by atoms with Crippen molar-refractivity contribution in [2.24, 2.45) is 5.92 Å². The van der Waals surface area contributed by atoms with Crippen LogP contribution in [0.3, 0.4) is 0 Å². The van der Waals surface area contributed by atoms with Crippen molar-refractivity contribution < 1.29 is 9.53 Å². The molecular weight excluding hydrogens is 316 g/mol. The van der Waals surface area contributed by atoms with Crippen molar-refractivity contribution in [2.45, 2.75) is 39.3 Å². The molecule has 132 valence electrons. The summed E-state index contributed by atoms with van der Waals surface area (Å²) in [4.78, 5) is 27.6. The van der Waals surface area contributed by atoms with E-state index in [0.717, 1.165) is 29.7 Å². The number of aromatic amines is 1. The molecule has 1 aromatic carbocycles. The fourth-order valence-electron chi connectivity index (χ4n) is 3.43. The molecule has 1 aliphatic rings. The molecular formula is C20H24N2O3. The Labute approximate surface area is 147 Å². The third-order valence-corrected chi connectivity index (χ3v) is 4.72. The third kappa shape index (κ3) is 3.99. The first-order valence-electron chi connectivity index (χ1n) is 8.70. The number of pyridine rings is 1. The highest BCUT2D eigenvalue weighted by Crippen LogP contribution is 2.33. The molecule has 0 bridgehead atoms. The molecule has 0 unspecified atom stereocenters. The van der Waals surface area contributed by atoms with Gasteiger partial charge in [0.25, 0.3) is 5.56 Å². The average molecular weight is 340 g/mol. The number of hydrogen-bond acceptors (Lipinski definition) is 3. The third-order valence-electron chi connectivity index (χ3n) is 4.72. The molecule has 25 heavy (non-hydrogen) atoms. The lowest BCUT2D eigenvalue weighted by molar-refractivity contribution is -0.134. The summed E-state index contributed by atoms with van der Waals surface area (Å²) in [6, 6.07) is 11.8. The first-order valence-corrected chi connectivity index (χ1v) is 8.70. The Kier molecular flexibility index (Phi) is 5.34. The van der Waals surface area contributed by atoms with Crippen molar-refractivity contribution in [3.63, 3.8) is 0 Å². The van der Waals surface area contributed by atoms with E-state index >= 15 is 0 Å². The summed E-state index contributed by atoms with van der Waals surface area (Å²) in [5, 5.41) is 2.93. The zero-order valence-corrected chi connectivity index (χ0v) is 14.7. The van der Waals surface area contributed by atoms with Gasteiger partial charge in [-0.05, 0) is 43.9 Å². The smallest absolute Gasteiger partial charge is 0.253 e. The van der Waals surface area contributed by atoms with E-state index in [1.165, 1.54) is 0 Å². The Bertz CT molecular complexity index is 798. The minimum Gasteiger partial charge on any atom is -0.373 e. The SMILES string of the molecule is Cc1cc(C)c(CNC(=O)[C@H]2CCCO[C@H]2c2ccccc2)c(=O)[nH]1. The van der Waals surface area contributed by atoms with Crippen LogP contribution in [0.1, 0.15) is 41.3 Å². The van der Waals surface area contributed by atoms with Gasteiger partial charge in [-0.3, -0.25) is 9.59 Å². The summed E-state index contributed by atoms with van der Waals surface area (Å²) in [5.74, 6) is -0.297. The second kappa shape index (κ2) is 7.66. The van der Waals surface area contributed by atoms with Crippen LogP contribution in [-0.2, 0) is 16.1 Å². The first-order chi connectivity index (χ1) is 12.1. The summed E-state index contributed by atoms with van der Waals surface area (Å²) in [6.07, 6.45) is 1.42. The van der Waals surface area contributed by atoms with Gasteiger partial charge >= 0.3 is 0 Å². The minimum atomic E-state index is -0.235. The van der Waals surface area contributed by atoms with E-state index in [2.05, 4.69) is 10.3 Å². The Hall–Kier alpha value is -2.40. The molecule has 2 N–H and O–H groups in total. The largest absolute Gasteiger partial charge is 0.373 e. The van der Waals surface area contributed by atoms with Gasteiger partial charge in [-0.1, -0.05) is 30.3 Å². The fraction of sp³-hybridized carbons (Fsp3) is 0.400. The maximum atomic E-state index is 12.7. The highest BCUT2D eigenvalue weighted by Gasteiger charge is 2.32. The van der Waals surface area contributed by atoms with Crippen LogP contribution < -0.4 is 10.9 Å². The van der Waals surface area contributed by atoms with E-state index in [1.54, 1.807) is 0 Å². The van der Waals surface area contributed by atoms with Crippen molar-refractivity contribution in [2.75, 3.05) is 6.61 Å². The van der Waals surface area contributed by atoms with Gasteiger partial charge < -0.3 is 15.0 Å². The molecule has 0 radical (unpaired) electrons. The molecule has 2 atom stereocenters. The summed E-state index contributed by atoms with van der Waals surface area (Å²) in [5.41, 5.74) is 3.19. The van der Waals surface area contributed by atoms with Gasteiger partial charge in [0, 0.05) is 24.4 Å². The van der Waals surface area contributed by atoms with Crippen LogP contribution in [0.4, 0.5) is 0 Å². The lowest BCUT2D eigenvalue weighted by Gasteiger charge is -2.31. The molecule has 2 heterocycles. The number of amides is 1. The summed E-state index contributed by atoms with van der Waals surface area (Å²) < 4.78 is 5.88. The van der Waals surface area contributed by atoms with Gasteiger partial charge in [0.1, 0.15) is 0 Å². The average Bonchev–Trinajstić information content (AvgIpc) is 2.61. The molecule has 3 rings (SSSR count). The maximum Gasteiger partial charge on any atom is 0.253 e. The highest BCUT2D eigenvalue weighted by atomic mass is 16.5. The number of ether oxygens (including phenoxy) is 1. The number of aromatic nitrogens is 1. The normalized spacial score (nSPS) is 20.2. The molecule has 0 aliphatic carbocycles. The van der Waals surface area contributed by atoms with E-state index < -0.39 is 0 Å². The van der Waals surface area contributed by atoms with Crippen LogP contribution in [0.2, 0.25) is 0 Å². The standard InChI is InChI=1S/C20H24N2O3/c1-13-11-14(2)22-20(24)17(13)12-21-19(23)16-9-6-10-25-18(16)15-7-4-3-5-8-15/h3-5,7-8,11,16,18H,6,9-10,12H2,1-2H3,(H,21,23)(H,22,24)/t16-,18-/m0/s1. The maximum absolute atomic E-state index is 12.7. The molecule has 0 saturated carbocycles. The van der Waals surface area contributed by atoms with E-state index in [4.69, 9.17) is 4.74 Å². The van der Waals surface area contributed by atoms with E-state index in [1.807, 2.05) is 50.2 Å². The Morgan fingerprint density at radius 2 is 2.04 bits per heavy atom. The second-order valence-corrected chi connectivity index (χ2v) is 6.61. The van der Waals surface area contributed by atoms with Gasteiger partial charge in [0.2, 0.25) is 5.91 Å². The molecule has 1 aliphatic heterocycles. The Morgan fingerprint density at radius 3 is 2.76 bits per heavy atom. The number of nitrogens with one attached hydrogen (secondary N) is 2. The number of hydrogen-bond donors (Lipinski definition) is 2. The molecule has 1 aromatic heterocycles. The summed E-state index contributed by atoms with van der Waals surface area (Å²) in [7, 11) is 0. The monoisotopic (exact) mass is 340 g/mol. The van der Waals surface area contributed by atoms with E-state index in [0.29, 0.717) is 12.2 Å². The van der Waals surface area contributed by atoms with Crippen molar-refractivity contribution in [3.05, 3.63) is 69.1 Å². The minimum absolute atomic E-state index is 0.0621. The Balaban J connectivity index is 1.72.